The van der Waals surface area contributed by atoms with Crippen molar-refractivity contribution < 1.29 is 40.3 Å². The molecule has 1 aromatic rings. The first-order valence-corrected chi connectivity index (χ1v) is 5.30. The Morgan fingerprint density at radius 3 is 2.05 bits per heavy atom. The summed E-state index contributed by atoms with van der Waals surface area (Å²) >= 11 is 0. The van der Waals surface area contributed by atoms with Crippen LogP contribution in [0, 0.1) is 0 Å². The third-order valence-corrected chi connectivity index (χ3v) is 2.24. The molecule has 0 atom stereocenters. The number of alkyl halides is 7. The molecule has 1 aromatic carbocycles. The second-order valence-corrected chi connectivity index (χ2v) is 3.78. The summed E-state index contributed by atoms with van der Waals surface area (Å²) in [5, 5.41) is 1.41. The zero-order valence-corrected chi connectivity index (χ0v) is 10.1. The van der Waals surface area contributed by atoms with E-state index in [-0.39, 0.29) is 11.3 Å². The number of rotatable bonds is 5. The van der Waals surface area contributed by atoms with Crippen molar-refractivity contribution in [3.05, 3.63) is 29.8 Å². The van der Waals surface area contributed by atoms with E-state index in [0.717, 1.165) is 24.3 Å². The summed E-state index contributed by atoms with van der Waals surface area (Å²) < 4.78 is 88.5. The zero-order valence-electron chi connectivity index (χ0n) is 10.1. The Hall–Kier alpha value is -2.00. The first kappa shape index (κ1) is 17.1. The summed E-state index contributed by atoms with van der Waals surface area (Å²) in [5.41, 5.74) is 0.128. The summed E-state index contributed by atoms with van der Waals surface area (Å²) in [7, 11) is 0. The van der Waals surface area contributed by atoms with Crippen molar-refractivity contribution in [1.82, 2.24) is 5.32 Å². The average Bonchev–Trinajstić information content (AvgIpc) is 2.35. The molecule has 3 nitrogen and oxygen atoms in total. The van der Waals surface area contributed by atoms with Crippen molar-refractivity contribution in [3.8, 4) is 5.75 Å². The molecule has 118 valence electrons. The number of nitrogens with one attached hydrogen (secondary N) is 1. The fourth-order valence-electron chi connectivity index (χ4n) is 1.21. The molecule has 0 aromatic heterocycles. The molecule has 0 bridgehead atoms. The largest absolute Gasteiger partial charge is 0.463 e. The first-order valence-electron chi connectivity index (χ1n) is 5.30. The highest BCUT2D eigenvalue weighted by Crippen LogP contribution is 2.35. The number of carbonyl (C=O) groups excluding carboxylic acids is 1. The summed E-state index contributed by atoms with van der Waals surface area (Å²) in [6.07, 6.45) is -5.99. The Morgan fingerprint density at radius 2 is 1.62 bits per heavy atom. The molecule has 21 heavy (non-hydrogen) atoms. The molecule has 0 aliphatic rings. The molecule has 0 spiro atoms. The van der Waals surface area contributed by atoms with E-state index in [9.17, 15) is 35.5 Å². The van der Waals surface area contributed by atoms with E-state index in [1.165, 1.54) is 5.32 Å². The van der Waals surface area contributed by atoms with Crippen LogP contribution in [-0.4, -0.2) is 24.6 Å². The van der Waals surface area contributed by atoms with Crippen LogP contribution in [0.4, 0.5) is 30.7 Å². The fraction of sp³-hybridized carbons (Fsp3) is 0.364. The van der Waals surface area contributed by atoms with E-state index in [0.29, 0.717) is 0 Å². The number of hydrogen-bond donors (Lipinski definition) is 1. The van der Waals surface area contributed by atoms with Gasteiger partial charge in [-0.15, -0.1) is 0 Å². The van der Waals surface area contributed by atoms with Gasteiger partial charge in [-0.05, 0) is 17.7 Å². The minimum absolute atomic E-state index is 0.128. The van der Waals surface area contributed by atoms with Crippen LogP contribution in [0.2, 0.25) is 0 Å². The summed E-state index contributed by atoms with van der Waals surface area (Å²) in [6, 6.07) is 4.36. The van der Waals surface area contributed by atoms with Crippen molar-refractivity contribution in [2.75, 3.05) is 0 Å². The van der Waals surface area contributed by atoms with Crippen LogP contribution in [0.15, 0.2) is 24.3 Å². The van der Waals surface area contributed by atoms with Crippen molar-refractivity contribution >= 4 is 5.91 Å². The minimum Gasteiger partial charge on any atom is -0.435 e. The first-order chi connectivity index (χ1) is 9.54. The molecule has 0 unspecified atom stereocenters. The smallest absolute Gasteiger partial charge is 0.435 e. The molecule has 0 aliphatic heterocycles. The molecule has 0 heterocycles. The van der Waals surface area contributed by atoms with Crippen LogP contribution in [0.3, 0.4) is 0 Å². The Balaban J connectivity index is 2.61. The van der Waals surface area contributed by atoms with E-state index < -0.39 is 31.2 Å². The van der Waals surface area contributed by atoms with Gasteiger partial charge in [0.2, 0.25) is 0 Å². The SMILES string of the molecule is O=C(NCc1ccc(OC(F)F)cc1)C(F)(F)C(F)(F)F. The third kappa shape index (κ3) is 4.50. The Labute approximate surface area is 113 Å². The number of benzene rings is 1. The van der Waals surface area contributed by atoms with Gasteiger partial charge in [0.1, 0.15) is 5.75 Å². The van der Waals surface area contributed by atoms with Gasteiger partial charge in [0.15, 0.2) is 0 Å². The number of carbonyl (C=O) groups is 1. The third-order valence-electron chi connectivity index (χ3n) is 2.24. The second-order valence-electron chi connectivity index (χ2n) is 3.78. The monoisotopic (exact) mass is 319 g/mol. The molecule has 1 amide bonds. The van der Waals surface area contributed by atoms with E-state index in [1.54, 1.807) is 0 Å². The standard InChI is InChI=1S/C11H8F7NO2/c12-9(13)21-7-3-1-6(2-4-7)5-19-8(20)10(14,15)11(16,17)18/h1-4,9H,5H2,(H,19,20). The van der Waals surface area contributed by atoms with Crippen LogP contribution in [0.1, 0.15) is 5.56 Å². The van der Waals surface area contributed by atoms with Crippen LogP contribution in [0.25, 0.3) is 0 Å². The number of hydrogen-bond acceptors (Lipinski definition) is 2. The van der Waals surface area contributed by atoms with E-state index in [1.807, 2.05) is 0 Å². The molecule has 0 radical (unpaired) electrons. The molecule has 0 saturated carbocycles. The van der Waals surface area contributed by atoms with Gasteiger partial charge < -0.3 is 10.1 Å². The second kappa shape index (κ2) is 6.19. The Bertz CT molecular complexity index is 484. The predicted molar refractivity (Wildman–Crippen MR) is 55.9 cm³/mol. The van der Waals surface area contributed by atoms with Crippen LogP contribution in [0.5, 0.6) is 5.75 Å². The topological polar surface area (TPSA) is 38.3 Å². The van der Waals surface area contributed by atoms with Gasteiger partial charge in [-0.3, -0.25) is 4.79 Å². The van der Waals surface area contributed by atoms with Crippen molar-refractivity contribution in [1.29, 1.82) is 0 Å². The molecule has 10 heteroatoms. The van der Waals surface area contributed by atoms with Gasteiger partial charge >= 0.3 is 24.6 Å². The highest BCUT2D eigenvalue weighted by Gasteiger charge is 2.63. The lowest BCUT2D eigenvalue weighted by atomic mass is 10.2. The van der Waals surface area contributed by atoms with Gasteiger partial charge in [0.05, 0.1) is 0 Å². The van der Waals surface area contributed by atoms with Crippen LogP contribution >= 0.6 is 0 Å². The maximum absolute atomic E-state index is 12.6. The summed E-state index contributed by atoms with van der Waals surface area (Å²) in [6.45, 7) is -3.68. The normalized spacial score (nSPS) is 12.4. The van der Waals surface area contributed by atoms with Crippen molar-refractivity contribution in [2.24, 2.45) is 0 Å². The lowest BCUT2D eigenvalue weighted by molar-refractivity contribution is -0.269. The van der Waals surface area contributed by atoms with E-state index in [4.69, 9.17) is 0 Å². The number of ether oxygens (including phenoxy) is 1. The predicted octanol–water partition coefficient (Wildman–Crippen LogP) is 3.10. The maximum atomic E-state index is 12.6. The molecule has 1 rings (SSSR count). The van der Waals surface area contributed by atoms with E-state index in [2.05, 4.69) is 4.74 Å². The average molecular weight is 319 g/mol. The van der Waals surface area contributed by atoms with Crippen LogP contribution in [-0.2, 0) is 11.3 Å². The summed E-state index contributed by atoms with van der Waals surface area (Å²) in [4.78, 5) is 10.8. The molecular formula is C11H8F7NO2. The maximum Gasteiger partial charge on any atom is 0.463 e. The fourth-order valence-corrected chi connectivity index (χ4v) is 1.21. The number of amides is 1. The van der Waals surface area contributed by atoms with Gasteiger partial charge in [-0.1, -0.05) is 12.1 Å². The lowest BCUT2D eigenvalue weighted by Gasteiger charge is -2.18. The van der Waals surface area contributed by atoms with Gasteiger partial charge in [0.25, 0.3) is 0 Å². The highest BCUT2D eigenvalue weighted by atomic mass is 19.4. The molecule has 1 N–H and O–H groups in total. The summed E-state index contributed by atoms with van der Waals surface area (Å²) in [5.74, 6) is -8.23. The Kier molecular flexibility index (Phi) is 5.02. The van der Waals surface area contributed by atoms with Gasteiger partial charge in [-0.25, -0.2) is 0 Å². The zero-order chi connectivity index (χ0) is 16.3. The van der Waals surface area contributed by atoms with E-state index >= 15 is 0 Å². The number of halogens is 7. The quantitative estimate of drug-likeness (QED) is 0.847. The van der Waals surface area contributed by atoms with Crippen molar-refractivity contribution in [2.45, 2.75) is 25.3 Å². The van der Waals surface area contributed by atoms with Crippen molar-refractivity contribution in [3.63, 3.8) is 0 Å². The Morgan fingerprint density at radius 1 is 1.10 bits per heavy atom. The molecule has 0 saturated heterocycles. The molecular weight excluding hydrogens is 311 g/mol. The lowest BCUT2D eigenvalue weighted by Crippen LogP contribution is -2.50. The van der Waals surface area contributed by atoms with Gasteiger partial charge in [-0.2, -0.15) is 30.7 Å². The molecule has 0 fully saturated rings. The van der Waals surface area contributed by atoms with Gasteiger partial charge in [0, 0.05) is 6.54 Å². The minimum atomic E-state index is -5.99. The van der Waals surface area contributed by atoms with Crippen LogP contribution < -0.4 is 10.1 Å². The highest BCUT2D eigenvalue weighted by molar-refractivity contribution is 5.84. The molecule has 0 aliphatic carbocycles.